The van der Waals surface area contributed by atoms with Crippen LogP contribution in [0.2, 0.25) is 0 Å². The molecule has 1 aliphatic rings. The van der Waals surface area contributed by atoms with Crippen LogP contribution in [0.15, 0.2) is 53.0 Å². The van der Waals surface area contributed by atoms with Crippen LogP contribution in [-0.2, 0) is 5.41 Å². The lowest BCUT2D eigenvalue weighted by molar-refractivity contribution is 0.0698. The summed E-state index contributed by atoms with van der Waals surface area (Å²) in [6, 6.07) is 15.4. The number of likely N-dealkylation sites (tertiary alicyclic amines) is 1. The molecule has 1 saturated heterocycles. The molecule has 0 saturated carbocycles. The van der Waals surface area contributed by atoms with E-state index in [1.165, 1.54) is 5.56 Å². The maximum atomic E-state index is 12.6. The van der Waals surface area contributed by atoms with Crippen LogP contribution < -0.4 is 5.32 Å². The van der Waals surface area contributed by atoms with Gasteiger partial charge in [0.15, 0.2) is 0 Å². The summed E-state index contributed by atoms with van der Waals surface area (Å²) in [5, 5.41) is 3.12. The first-order valence-corrected chi connectivity index (χ1v) is 10.5. The number of halogens is 1. The first-order chi connectivity index (χ1) is 13.2. The molecule has 0 radical (unpaired) electrons. The van der Waals surface area contributed by atoms with Crippen molar-refractivity contribution in [2.75, 3.05) is 13.1 Å². The second-order valence-corrected chi connectivity index (χ2v) is 9.29. The van der Waals surface area contributed by atoms with Crippen molar-refractivity contribution in [3.8, 4) is 0 Å². The van der Waals surface area contributed by atoms with Gasteiger partial charge in [-0.25, -0.2) is 0 Å². The second kappa shape index (κ2) is 8.48. The van der Waals surface area contributed by atoms with Crippen LogP contribution in [0.25, 0.3) is 0 Å². The Bertz CT molecular complexity index is 848. The Kier molecular flexibility index (Phi) is 6.23. The number of hydrogen-bond donors (Lipinski definition) is 1. The molecule has 1 fully saturated rings. The number of amides is 2. The van der Waals surface area contributed by atoms with Crippen LogP contribution in [-0.4, -0.2) is 35.8 Å². The first-order valence-electron chi connectivity index (χ1n) is 9.70. The molecule has 5 heteroatoms. The maximum Gasteiger partial charge on any atom is 0.253 e. The average Bonchev–Trinajstić information content (AvgIpc) is 2.67. The number of piperidine rings is 1. The van der Waals surface area contributed by atoms with Gasteiger partial charge in [-0.05, 0) is 54.2 Å². The van der Waals surface area contributed by atoms with Gasteiger partial charge < -0.3 is 10.2 Å². The van der Waals surface area contributed by atoms with E-state index in [1.807, 2.05) is 53.4 Å². The molecule has 0 atom stereocenters. The molecular weight excluding hydrogens is 416 g/mol. The van der Waals surface area contributed by atoms with Crippen LogP contribution in [0, 0.1) is 0 Å². The van der Waals surface area contributed by atoms with Gasteiger partial charge in [-0.3, -0.25) is 9.59 Å². The van der Waals surface area contributed by atoms with Crippen molar-refractivity contribution in [2.45, 2.75) is 45.1 Å². The summed E-state index contributed by atoms with van der Waals surface area (Å²) in [6.07, 6.45) is 1.54. The minimum absolute atomic E-state index is 0.0442. The SMILES string of the molecule is CC(C)(C)c1ccc(C(=O)NC2CCN(C(=O)c3cccc(Br)c3)CC2)cc1. The van der Waals surface area contributed by atoms with Gasteiger partial charge in [-0.2, -0.15) is 0 Å². The van der Waals surface area contributed by atoms with Crippen LogP contribution in [0.5, 0.6) is 0 Å². The van der Waals surface area contributed by atoms with Crippen molar-refractivity contribution in [3.63, 3.8) is 0 Å². The highest BCUT2D eigenvalue weighted by molar-refractivity contribution is 9.10. The number of nitrogens with zero attached hydrogens (tertiary/aromatic N) is 1. The van der Waals surface area contributed by atoms with E-state index >= 15 is 0 Å². The zero-order chi connectivity index (χ0) is 20.3. The summed E-state index contributed by atoms with van der Waals surface area (Å²) in [5.74, 6) is 0.000992. The fourth-order valence-electron chi connectivity index (χ4n) is 3.42. The second-order valence-electron chi connectivity index (χ2n) is 8.38. The Morgan fingerprint density at radius 1 is 1.00 bits per heavy atom. The topological polar surface area (TPSA) is 49.4 Å². The largest absolute Gasteiger partial charge is 0.349 e. The van der Waals surface area contributed by atoms with E-state index < -0.39 is 0 Å². The molecule has 0 bridgehead atoms. The van der Waals surface area contributed by atoms with Gasteiger partial charge in [-0.15, -0.1) is 0 Å². The molecule has 2 aromatic carbocycles. The summed E-state index contributed by atoms with van der Waals surface area (Å²) in [7, 11) is 0. The van der Waals surface area contributed by atoms with Gasteiger partial charge in [0.05, 0.1) is 0 Å². The normalized spacial score (nSPS) is 15.4. The highest BCUT2D eigenvalue weighted by Crippen LogP contribution is 2.22. The minimum atomic E-state index is -0.0442. The number of rotatable bonds is 3. The monoisotopic (exact) mass is 442 g/mol. The van der Waals surface area contributed by atoms with Crippen molar-refractivity contribution in [2.24, 2.45) is 0 Å². The number of nitrogens with one attached hydrogen (secondary N) is 1. The Morgan fingerprint density at radius 3 is 2.21 bits per heavy atom. The number of benzene rings is 2. The molecule has 1 N–H and O–H groups in total. The zero-order valence-electron chi connectivity index (χ0n) is 16.7. The van der Waals surface area contributed by atoms with Crippen molar-refractivity contribution in [3.05, 3.63) is 69.7 Å². The van der Waals surface area contributed by atoms with Gasteiger partial charge in [0, 0.05) is 34.7 Å². The minimum Gasteiger partial charge on any atom is -0.349 e. The standard InChI is InChI=1S/C23H27BrN2O2/c1-23(2,3)18-9-7-16(8-10-18)21(27)25-20-11-13-26(14-12-20)22(28)17-5-4-6-19(24)15-17/h4-10,15,20H,11-14H2,1-3H3,(H,25,27). The average molecular weight is 443 g/mol. The summed E-state index contributed by atoms with van der Waals surface area (Å²) < 4.78 is 0.901. The first kappa shape index (κ1) is 20.6. The quantitative estimate of drug-likeness (QED) is 0.742. The summed E-state index contributed by atoms with van der Waals surface area (Å²) >= 11 is 3.41. The molecule has 0 aliphatic carbocycles. The molecule has 4 nitrogen and oxygen atoms in total. The number of carbonyl (C=O) groups excluding carboxylic acids is 2. The van der Waals surface area contributed by atoms with E-state index in [1.54, 1.807) is 0 Å². The third-order valence-electron chi connectivity index (χ3n) is 5.20. The Balaban J connectivity index is 1.54. The predicted octanol–water partition coefficient (Wildman–Crippen LogP) is 4.78. The van der Waals surface area contributed by atoms with Gasteiger partial charge in [-0.1, -0.05) is 54.9 Å². The van der Waals surface area contributed by atoms with E-state index in [9.17, 15) is 9.59 Å². The number of carbonyl (C=O) groups is 2. The summed E-state index contributed by atoms with van der Waals surface area (Å²) in [6.45, 7) is 7.78. The molecule has 0 spiro atoms. The van der Waals surface area contributed by atoms with E-state index in [0.717, 1.165) is 17.3 Å². The lowest BCUT2D eigenvalue weighted by Gasteiger charge is -2.32. The van der Waals surface area contributed by atoms with E-state index in [2.05, 4.69) is 42.0 Å². The number of hydrogen-bond acceptors (Lipinski definition) is 2. The molecule has 1 heterocycles. The highest BCUT2D eigenvalue weighted by Gasteiger charge is 2.25. The molecule has 3 rings (SSSR count). The Morgan fingerprint density at radius 2 is 1.64 bits per heavy atom. The Hall–Kier alpha value is -2.14. The van der Waals surface area contributed by atoms with Crippen LogP contribution >= 0.6 is 15.9 Å². The zero-order valence-corrected chi connectivity index (χ0v) is 18.3. The van der Waals surface area contributed by atoms with Crippen molar-refractivity contribution in [1.29, 1.82) is 0 Å². The molecule has 2 amide bonds. The van der Waals surface area contributed by atoms with Crippen LogP contribution in [0.1, 0.15) is 59.9 Å². The van der Waals surface area contributed by atoms with E-state index in [0.29, 0.717) is 24.2 Å². The summed E-state index contributed by atoms with van der Waals surface area (Å²) in [4.78, 5) is 27.0. The van der Waals surface area contributed by atoms with Crippen LogP contribution in [0.3, 0.4) is 0 Å². The third-order valence-corrected chi connectivity index (χ3v) is 5.70. The van der Waals surface area contributed by atoms with E-state index in [4.69, 9.17) is 0 Å². The van der Waals surface area contributed by atoms with Gasteiger partial charge in [0.1, 0.15) is 0 Å². The van der Waals surface area contributed by atoms with Crippen molar-refractivity contribution < 1.29 is 9.59 Å². The fraction of sp³-hybridized carbons (Fsp3) is 0.391. The third kappa shape index (κ3) is 5.02. The fourth-order valence-corrected chi connectivity index (χ4v) is 3.82. The van der Waals surface area contributed by atoms with Gasteiger partial charge in [0.2, 0.25) is 0 Å². The molecule has 28 heavy (non-hydrogen) atoms. The lowest BCUT2D eigenvalue weighted by Crippen LogP contribution is -2.46. The van der Waals surface area contributed by atoms with Gasteiger partial charge >= 0.3 is 0 Å². The molecule has 0 aromatic heterocycles. The molecule has 2 aromatic rings. The molecular formula is C23H27BrN2O2. The smallest absolute Gasteiger partial charge is 0.253 e. The molecule has 1 aliphatic heterocycles. The predicted molar refractivity (Wildman–Crippen MR) is 116 cm³/mol. The van der Waals surface area contributed by atoms with Crippen LogP contribution in [0.4, 0.5) is 0 Å². The maximum absolute atomic E-state index is 12.6. The van der Waals surface area contributed by atoms with Crippen molar-refractivity contribution in [1.82, 2.24) is 10.2 Å². The Labute approximate surface area is 175 Å². The van der Waals surface area contributed by atoms with Crippen molar-refractivity contribution >= 4 is 27.7 Å². The molecule has 148 valence electrons. The van der Waals surface area contributed by atoms with E-state index in [-0.39, 0.29) is 23.3 Å². The van der Waals surface area contributed by atoms with Gasteiger partial charge in [0.25, 0.3) is 11.8 Å². The highest BCUT2D eigenvalue weighted by atomic mass is 79.9. The molecule has 0 unspecified atom stereocenters. The lowest BCUT2D eigenvalue weighted by atomic mass is 9.86. The summed E-state index contributed by atoms with van der Waals surface area (Å²) in [5.41, 5.74) is 2.66.